The Morgan fingerprint density at radius 3 is 3.15 bits per heavy atom. The van der Waals surface area contributed by atoms with E-state index in [1.165, 1.54) is 4.80 Å². The Labute approximate surface area is 79.8 Å². The molecule has 0 spiro atoms. The van der Waals surface area contributed by atoms with Crippen molar-refractivity contribution in [2.24, 2.45) is 12.0 Å². The molecular formula is C6H10N6S. The molecular weight excluding hydrogens is 188 g/mol. The molecule has 1 N–H and O–H groups in total. The fourth-order valence-electron chi connectivity index (χ4n) is 0.987. The van der Waals surface area contributed by atoms with Crippen LogP contribution in [0.1, 0.15) is 5.82 Å². The number of rotatable bonds is 2. The summed E-state index contributed by atoms with van der Waals surface area (Å²) < 4.78 is 0. The quantitative estimate of drug-likeness (QED) is 0.687. The molecule has 0 unspecified atom stereocenters. The maximum atomic E-state index is 4.24. The molecule has 1 aromatic heterocycles. The van der Waals surface area contributed by atoms with Gasteiger partial charge in [0.25, 0.3) is 0 Å². The summed E-state index contributed by atoms with van der Waals surface area (Å²) in [4.78, 5) is 5.70. The highest BCUT2D eigenvalue weighted by atomic mass is 32.2. The summed E-state index contributed by atoms with van der Waals surface area (Å²) in [5, 5.41) is 15.8. The van der Waals surface area contributed by atoms with Crippen LogP contribution in [-0.2, 0) is 12.8 Å². The smallest absolute Gasteiger partial charge is 0.185 e. The van der Waals surface area contributed by atoms with Crippen LogP contribution in [0.2, 0.25) is 0 Å². The molecule has 2 heterocycles. The molecule has 0 bridgehead atoms. The number of tetrazole rings is 1. The average Bonchev–Trinajstić information content (AvgIpc) is 2.71. The first-order chi connectivity index (χ1) is 6.34. The second-order valence-corrected chi connectivity index (χ2v) is 3.56. The molecule has 7 heteroatoms. The molecule has 0 saturated heterocycles. The first-order valence-electron chi connectivity index (χ1n) is 3.98. The Hall–Kier alpha value is -1.11. The zero-order valence-electron chi connectivity index (χ0n) is 7.27. The normalized spacial score (nSPS) is 15.6. The molecule has 6 nitrogen and oxygen atoms in total. The standard InChI is InChI=1S/C6H10N6S/c1-12-10-5(9-11-12)4-13-6-7-2-3-8-6/h2-4H2,1H3,(H,7,8). The van der Waals surface area contributed by atoms with Gasteiger partial charge in [0.2, 0.25) is 0 Å². The summed E-state index contributed by atoms with van der Waals surface area (Å²) in [7, 11) is 1.76. The lowest BCUT2D eigenvalue weighted by Gasteiger charge is -1.96. The first-order valence-corrected chi connectivity index (χ1v) is 4.97. The van der Waals surface area contributed by atoms with E-state index in [0.717, 1.165) is 29.8 Å². The topological polar surface area (TPSA) is 68.0 Å². The van der Waals surface area contributed by atoms with Gasteiger partial charge in [-0.3, -0.25) is 4.99 Å². The molecule has 1 aliphatic rings. The van der Waals surface area contributed by atoms with Crippen molar-refractivity contribution in [2.75, 3.05) is 13.1 Å². The number of amidine groups is 1. The molecule has 70 valence electrons. The molecule has 0 radical (unpaired) electrons. The van der Waals surface area contributed by atoms with Crippen molar-refractivity contribution in [3.8, 4) is 0 Å². The van der Waals surface area contributed by atoms with Gasteiger partial charge in [-0.2, -0.15) is 4.80 Å². The number of nitrogens with one attached hydrogen (secondary N) is 1. The molecule has 0 fully saturated rings. The van der Waals surface area contributed by atoms with Crippen LogP contribution in [0, 0.1) is 0 Å². The number of nitrogens with zero attached hydrogens (tertiary/aromatic N) is 5. The minimum atomic E-state index is 0.722. The molecule has 1 aliphatic heterocycles. The number of hydrogen-bond donors (Lipinski definition) is 1. The SMILES string of the molecule is Cn1nnc(CSC2=NCCN2)n1. The maximum Gasteiger partial charge on any atom is 0.185 e. The average molecular weight is 198 g/mol. The zero-order chi connectivity index (χ0) is 9.10. The Balaban J connectivity index is 1.85. The monoisotopic (exact) mass is 198 g/mol. The molecule has 2 rings (SSSR count). The van der Waals surface area contributed by atoms with Gasteiger partial charge in [-0.1, -0.05) is 11.8 Å². The third-order valence-corrected chi connectivity index (χ3v) is 2.48. The Bertz CT molecular complexity index is 319. The lowest BCUT2D eigenvalue weighted by molar-refractivity contribution is 0.628. The van der Waals surface area contributed by atoms with E-state index in [2.05, 4.69) is 25.7 Å². The molecule has 1 aromatic rings. The van der Waals surface area contributed by atoms with Crippen LogP contribution in [0.3, 0.4) is 0 Å². The van der Waals surface area contributed by atoms with Crippen LogP contribution >= 0.6 is 11.8 Å². The summed E-state index contributed by atoms with van der Waals surface area (Å²) in [6.45, 7) is 1.81. The summed E-state index contributed by atoms with van der Waals surface area (Å²) in [6, 6.07) is 0. The number of aliphatic imine (C=N–C) groups is 1. The Kier molecular flexibility index (Phi) is 2.44. The lowest BCUT2D eigenvalue weighted by atomic mass is 10.7. The van der Waals surface area contributed by atoms with Crippen molar-refractivity contribution >= 4 is 16.9 Å². The van der Waals surface area contributed by atoms with Crippen LogP contribution in [0.25, 0.3) is 0 Å². The Morgan fingerprint density at radius 1 is 1.62 bits per heavy atom. The van der Waals surface area contributed by atoms with Crippen LogP contribution in [0.5, 0.6) is 0 Å². The molecule has 0 aromatic carbocycles. The van der Waals surface area contributed by atoms with Gasteiger partial charge in [0, 0.05) is 6.54 Å². The van der Waals surface area contributed by atoms with E-state index in [9.17, 15) is 0 Å². The molecule has 13 heavy (non-hydrogen) atoms. The van der Waals surface area contributed by atoms with Crippen molar-refractivity contribution in [3.63, 3.8) is 0 Å². The second kappa shape index (κ2) is 3.73. The van der Waals surface area contributed by atoms with Crippen molar-refractivity contribution in [1.82, 2.24) is 25.5 Å². The fourth-order valence-corrected chi connectivity index (χ4v) is 1.75. The summed E-state index contributed by atoms with van der Waals surface area (Å²) in [6.07, 6.45) is 0. The van der Waals surface area contributed by atoms with Crippen LogP contribution in [-0.4, -0.2) is 38.5 Å². The maximum absolute atomic E-state index is 4.24. The van der Waals surface area contributed by atoms with Crippen LogP contribution in [0.15, 0.2) is 4.99 Å². The third-order valence-electron chi connectivity index (χ3n) is 1.53. The van der Waals surface area contributed by atoms with Gasteiger partial charge >= 0.3 is 0 Å². The lowest BCUT2D eigenvalue weighted by Crippen LogP contribution is -2.15. The van der Waals surface area contributed by atoms with Gasteiger partial charge in [-0.05, 0) is 5.21 Å². The van der Waals surface area contributed by atoms with E-state index < -0.39 is 0 Å². The summed E-state index contributed by atoms with van der Waals surface area (Å²) >= 11 is 1.61. The molecule has 0 saturated carbocycles. The van der Waals surface area contributed by atoms with E-state index in [4.69, 9.17) is 0 Å². The van der Waals surface area contributed by atoms with Gasteiger partial charge in [-0.15, -0.1) is 10.2 Å². The summed E-state index contributed by atoms with van der Waals surface area (Å²) in [5.41, 5.74) is 0. The predicted molar refractivity (Wildman–Crippen MR) is 50.4 cm³/mol. The number of hydrogen-bond acceptors (Lipinski definition) is 6. The second-order valence-electron chi connectivity index (χ2n) is 2.60. The van der Waals surface area contributed by atoms with E-state index >= 15 is 0 Å². The van der Waals surface area contributed by atoms with E-state index in [1.54, 1.807) is 18.8 Å². The minimum absolute atomic E-state index is 0.722. The van der Waals surface area contributed by atoms with Crippen molar-refractivity contribution < 1.29 is 0 Å². The Morgan fingerprint density at radius 2 is 2.54 bits per heavy atom. The predicted octanol–water partition coefficient (Wildman–Crippen LogP) is -0.598. The van der Waals surface area contributed by atoms with Gasteiger partial charge in [0.15, 0.2) is 11.0 Å². The third kappa shape index (κ3) is 2.18. The molecule has 0 aliphatic carbocycles. The van der Waals surface area contributed by atoms with E-state index in [1.807, 2.05) is 0 Å². The number of thioether (sulfide) groups is 1. The first kappa shape index (κ1) is 8.49. The van der Waals surface area contributed by atoms with E-state index in [0.29, 0.717) is 0 Å². The van der Waals surface area contributed by atoms with Crippen LogP contribution < -0.4 is 5.32 Å². The van der Waals surface area contributed by atoms with Crippen LogP contribution in [0.4, 0.5) is 0 Å². The highest BCUT2D eigenvalue weighted by molar-refractivity contribution is 8.13. The van der Waals surface area contributed by atoms with E-state index in [-0.39, 0.29) is 0 Å². The van der Waals surface area contributed by atoms with Gasteiger partial charge in [0.1, 0.15) is 0 Å². The van der Waals surface area contributed by atoms with Crippen molar-refractivity contribution in [1.29, 1.82) is 0 Å². The van der Waals surface area contributed by atoms with Gasteiger partial charge in [-0.25, -0.2) is 0 Å². The number of aryl methyl sites for hydroxylation is 1. The van der Waals surface area contributed by atoms with Crippen molar-refractivity contribution in [2.45, 2.75) is 5.75 Å². The number of aromatic nitrogens is 4. The fraction of sp³-hybridized carbons (Fsp3) is 0.667. The van der Waals surface area contributed by atoms with Crippen molar-refractivity contribution in [3.05, 3.63) is 5.82 Å². The molecule has 0 amide bonds. The highest BCUT2D eigenvalue weighted by Crippen LogP contribution is 2.09. The largest absolute Gasteiger partial charge is 0.363 e. The van der Waals surface area contributed by atoms with Gasteiger partial charge < -0.3 is 5.32 Å². The zero-order valence-corrected chi connectivity index (χ0v) is 8.08. The molecule has 0 atom stereocenters. The highest BCUT2D eigenvalue weighted by Gasteiger charge is 2.07. The van der Waals surface area contributed by atoms with Gasteiger partial charge in [0.05, 0.1) is 19.3 Å². The minimum Gasteiger partial charge on any atom is -0.363 e. The summed E-state index contributed by atoms with van der Waals surface area (Å²) in [5.74, 6) is 1.46.